The number of β-amino-alcohol motifs (C(OH)–C–C–N with tert-alkyl or cyclic N) is 1. The van der Waals surface area contributed by atoms with Crippen molar-refractivity contribution in [3.63, 3.8) is 0 Å². The van der Waals surface area contributed by atoms with Crippen molar-refractivity contribution in [2.45, 2.75) is 38.0 Å². The number of amides is 2. The van der Waals surface area contributed by atoms with Gasteiger partial charge < -0.3 is 29.9 Å². The van der Waals surface area contributed by atoms with Crippen LogP contribution < -0.4 is 15.1 Å². The number of pyridine rings is 1. The van der Waals surface area contributed by atoms with E-state index in [0.717, 1.165) is 11.1 Å². The minimum Gasteiger partial charge on any atom is -0.385 e. The first-order valence-electron chi connectivity index (χ1n) is 13.3. The van der Waals surface area contributed by atoms with Crippen molar-refractivity contribution >= 4 is 23.4 Å². The summed E-state index contributed by atoms with van der Waals surface area (Å²) in [7, 11) is 0. The minimum absolute atomic E-state index is 0.0347. The van der Waals surface area contributed by atoms with E-state index in [-0.39, 0.29) is 19.6 Å². The van der Waals surface area contributed by atoms with Crippen LogP contribution in [0.1, 0.15) is 18.4 Å². The van der Waals surface area contributed by atoms with Crippen LogP contribution in [-0.4, -0.2) is 91.7 Å². The summed E-state index contributed by atoms with van der Waals surface area (Å²) < 4.78 is 72.1. The molecule has 3 saturated heterocycles. The predicted molar refractivity (Wildman–Crippen MR) is 140 cm³/mol. The summed E-state index contributed by atoms with van der Waals surface area (Å²) >= 11 is 0. The minimum atomic E-state index is -4.27. The number of carbonyl (C=O) groups is 1. The molecule has 3 aliphatic rings. The van der Waals surface area contributed by atoms with Crippen LogP contribution in [0.5, 0.6) is 0 Å². The van der Waals surface area contributed by atoms with E-state index in [1.54, 1.807) is 18.2 Å². The lowest BCUT2D eigenvalue weighted by molar-refractivity contribution is -0.143. The number of halogens is 5. The van der Waals surface area contributed by atoms with Crippen molar-refractivity contribution in [2.75, 3.05) is 67.6 Å². The molecule has 218 valence electrons. The molecule has 3 aliphatic heterocycles. The summed E-state index contributed by atoms with van der Waals surface area (Å²) in [6.45, 7) is 3.40. The van der Waals surface area contributed by atoms with Crippen LogP contribution in [0, 0.1) is 12.8 Å². The summed E-state index contributed by atoms with van der Waals surface area (Å²) in [6.07, 6.45) is -6.69. The van der Waals surface area contributed by atoms with Crippen LogP contribution in [0.2, 0.25) is 0 Å². The van der Waals surface area contributed by atoms with E-state index in [9.17, 15) is 31.9 Å². The third kappa shape index (κ3) is 6.41. The van der Waals surface area contributed by atoms with Gasteiger partial charge in [0, 0.05) is 38.3 Å². The fraction of sp³-hybridized carbons (Fsp3) is 0.556. The van der Waals surface area contributed by atoms with Gasteiger partial charge in [-0.1, -0.05) is 6.07 Å². The number of benzene rings is 1. The summed E-state index contributed by atoms with van der Waals surface area (Å²) in [5.74, 6) is -2.99. The second-order valence-electron chi connectivity index (χ2n) is 10.7. The number of nitrogens with one attached hydrogen (secondary N) is 1. The summed E-state index contributed by atoms with van der Waals surface area (Å²) in [5.41, 5.74) is 2.75. The van der Waals surface area contributed by atoms with Crippen molar-refractivity contribution in [3.05, 3.63) is 35.9 Å². The Hall–Kier alpha value is -3.19. The number of likely N-dealkylation sites (tertiary alicyclic amines) is 1. The van der Waals surface area contributed by atoms with Gasteiger partial charge in [0.15, 0.2) is 0 Å². The molecule has 13 heteroatoms. The van der Waals surface area contributed by atoms with Crippen molar-refractivity contribution in [2.24, 2.45) is 5.92 Å². The van der Waals surface area contributed by atoms with Gasteiger partial charge in [0.2, 0.25) is 0 Å². The molecule has 2 atom stereocenters. The number of morpholine rings is 1. The standard InChI is InChI=1S/C27H32F5N5O3/c1-17-2-3-20(33-25(39)36-5-4-18(14-36)13-27(30,31)32)12-21(17)19-10-23(35-6-8-40-9-7-35)34-24(11-19)37-15-22(38)26(28,29)16-37/h2-3,10-12,18,22,38H,4-9,13-16H2,1H3,(H,33,39)/t18-,22+/m0/s1. The van der Waals surface area contributed by atoms with E-state index < -0.39 is 43.1 Å². The molecule has 0 unspecified atom stereocenters. The number of alkyl halides is 5. The number of urea groups is 1. The first kappa shape index (κ1) is 28.3. The smallest absolute Gasteiger partial charge is 0.385 e. The number of aliphatic hydroxyl groups excluding tert-OH is 1. The lowest BCUT2D eigenvalue weighted by atomic mass is 10.00. The van der Waals surface area contributed by atoms with Crippen LogP contribution in [0.15, 0.2) is 30.3 Å². The zero-order chi connectivity index (χ0) is 28.7. The van der Waals surface area contributed by atoms with Gasteiger partial charge in [-0.25, -0.2) is 18.6 Å². The van der Waals surface area contributed by atoms with Crippen molar-refractivity contribution in [3.8, 4) is 11.1 Å². The van der Waals surface area contributed by atoms with Crippen LogP contribution in [-0.2, 0) is 4.74 Å². The molecule has 2 amide bonds. The summed E-state index contributed by atoms with van der Waals surface area (Å²) in [4.78, 5) is 22.2. The van der Waals surface area contributed by atoms with E-state index in [1.165, 1.54) is 9.80 Å². The van der Waals surface area contributed by atoms with Gasteiger partial charge in [0.05, 0.1) is 26.3 Å². The number of ether oxygens (including phenoxy) is 1. The highest BCUT2D eigenvalue weighted by atomic mass is 19.4. The lowest BCUT2D eigenvalue weighted by Crippen LogP contribution is -2.37. The Kier molecular flexibility index (Phi) is 7.79. The number of aryl methyl sites for hydroxylation is 1. The van der Waals surface area contributed by atoms with Crippen LogP contribution in [0.4, 0.5) is 44.1 Å². The molecule has 0 saturated carbocycles. The SMILES string of the molecule is Cc1ccc(NC(=O)N2CC[C@@H](CC(F)(F)F)C2)cc1-c1cc(N2CCOCC2)nc(N2C[C@@H](O)C(F)(F)C2)c1. The van der Waals surface area contributed by atoms with Crippen LogP contribution >= 0.6 is 0 Å². The number of aliphatic hydroxyl groups is 1. The number of hydrogen-bond donors (Lipinski definition) is 2. The van der Waals surface area contributed by atoms with E-state index in [0.29, 0.717) is 55.6 Å². The van der Waals surface area contributed by atoms with E-state index >= 15 is 0 Å². The molecular formula is C27H32F5N5O3. The first-order chi connectivity index (χ1) is 18.9. The maximum atomic E-state index is 14.2. The van der Waals surface area contributed by atoms with Crippen LogP contribution in [0.25, 0.3) is 11.1 Å². The van der Waals surface area contributed by atoms with Gasteiger partial charge >= 0.3 is 12.2 Å². The molecule has 1 aromatic carbocycles. The highest BCUT2D eigenvalue weighted by Crippen LogP contribution is 2.36. The average Bonchev–Trinajstić information content (AvgIpc) is 3.47. The second kappa shape index (κ2) is 11.0. The molecule has 4 heterocycles. The van der Waals surface area contributed by atoms with Gasteiger partial charge in [0.1, 0.15) is 17.7 Å². The maximum absolute atomic E-state index is 14.2. The number of nitrogens with zero attached hydrogens (tertiary/aromatic N) is 4. The first-order valence-corrected chi connectivity index (χ1v) is 13.3. The quantitative estimate of drug-likeness (QED) is 0.516. The van der Waals surface area contributed by atoms with E-state index in [1.807, 2.05) is 24.0 Å². The monoisotopic (exact) mass is 569 g/mol. The van der Waals surface area contributed by atoms with Gasteiger partial charge in [-0.3, -0.25) is 0 Å². The molecule has 0 spiro atoms. The zero-order valence-corrected chi connectivity index (χ0v) is 22.1. The van der Waals surface area contributed by atoms with Gasteiger partial charge in [0.25, 0.3) is 5.92 Å². The number of aromatic nitrogens is 1. The van der Waals surface area contributed by atoms with Gasteiger partial charge in [-0.2, -0.15) is 13.2 Å². The predicted octanol–water partition coefficient (Wildman–Crippen LogP) is 4.52. The molecule has 0 bridgehead atoms. The molecule has 2 aromatic rings. The number of anilines is 3. The number of carbonyl (C=O) groups excluding carboxylic acids is 1. The van der Waals surface area contributed by atoms with E-state index in [2.05, 4.69) is 10.3 Å². The maximum Gasteiger partial charge on any atom is 0.389 e. The average molecular weight is 570 g/mol. The Morgan fingerprint density at radius 1 is 1.10 bits per heavy atom. The largest absolute Gasteiger partial charge is 0.389 e. The highest BCUT2D eigenvalue weighted by Gasteiger charge is 2.47. The molecular weight excluding hydrogens is 537 g/mol. The molecule has 8 nitrogen and oxygen atoms in total. The van der Waals surface area contributed by atoms with E-state index in [4.69, 9.17) is 4.74 Å². The Bertz CT molecular complexity index is 1240. The molecule has 1 aromatic heterocycles. The van der Waals surface area contributed by atoms with Gasteiger partial charge in [-0.15, -0.1) is 0 Å². The highest BCUT2D eigenvalue weighted by molar-refractivity contribution is 5.91. The Balaban J connectivity index is 1.40. The molecule has 0 aliphatic carbocycles. The molecule has 0 radical (unpaired) electrons. The number of hydrogen-bond acceptors (Lipinski definition) is 6. The lowest BCUT2D eigenvalue weighted by Gasteiger charge is -2.29. The third-order valence-electron chi connectivity index (χ3n) is 7.63. The molecule has 2 N–H and O–H groups in total. The Labute approximate surface area is 228 Å². The van der Waals surface area contributed by atoms with Crippen molar-refractivity contribution in [1.29, 1.82) is 0 Å². The Morgan fingerprint density at radius 2 is 1.80 bits per heavy atom. The molecule has 40 heavy (non-hydrogen) atoms. The second-order valence-corrected chi connectivity index (χ2v) is 10.7. The third-order valence-corrected chi connectivity index (χ3v) is 7.63. The summed E-state index contributed by atoms with van der Waals surface area (Å²) in [6, 6.07) is 8.35. The Morgan fingerprint density at radius 3 is 2.45 bits per heavy atom. The van der Waals surface area contributed by atoms with Crippen molar-refractivity contribution < 1.29 is 36.6 Å². The summed E-state index contributed by atoms with van der Waals surface area (Å²) in [5, 5.41) is 12.7. The molecule has 5 rings (SSSR count). The van der Waals surface area contributed by atoms with Crippen molar-refractivity contribution in [1.82, 2.24) is 9.88 Å². The zero-order valence-electron chi connectivity index (χ0n) is 22.1. The normalized spacial score (nSPS) is 23.1. The topological polar surface area (TPSA) is 81.2 Å². The number of rotatable bonds is 5. The molecule has 3 fully saturated rings. The van der Waals surface area contributed by atoms with Crippen LogP contribution in [0.3, 0.4) is 0 Å². The van der Waals surface area contributed by atoms with Gasteiger partial charge in [-0.05, 0) is 60.2 Å². The fourth-order valence-corrected chi connectivity index (χ4v) is 5.44. The fourth-order valence-electron chi connectivity index (χ4n) is 5.44.